The summed E-state index contributed by atoms with van der Waals surface area (Å²) in [5.41, 5.74) is 0.331. The lowest BCUT2D eigenvalue weighted by molar-refractivity contribution is -0.342. The maximum atomic E-state index is 12.1. The Morgan fingerprint density at radius 3 is 2.16 bits per heavy atom. The molecule has 0 aliphatic carbocycles. The first-order valence-corrected chi connectivity index (χ1v) is 11.6. The monoisotopic (exact) mass is 526 g/mol. The van der Waals surface area contributed by atoms with Crippen LogP contribution >= 0.6 is 0 Å². The molecule has 0 aromatic rings. The van der Waals surface area contributed by atoms with E-state index in [0.29, 0.717) is 12.0 Å². The molecule has 37 heavy (non-hydrogen) atoms. The van der Waals surface area contributed by atoms with E-state index in [1.54, 1.807) is 6.08 Å². The highest BCUT2D eigenvalue weighted by molar-refractivity contribution is 5.89. The average molecular weight is 526 g/mol. The van der Waals surface area contributed by atoms with Gasteiger partial charge >= 0.3 is 29.8 Å². The molecule has 13 heteroatoms. The van der Waals surface area contributed by atoms with Gasteiger partial charge < -0.3 is 37.9 Å². The zero-order valence-electron chi connectivity index (χ0n) is 20.9. The van der Waals surface area contributed by atoms with Gasteiger partial charge in [-0.25, -0.2) is 4.79 Å². The van der Waals surface area contributed by atoms with Crippen LogP contribution in [0.1, 0.15) is 34.1 Å². The first-order chi connectivity index (χ1) is 17.5. The van der Waals surface area contributed by atoms with Crippen molar-refractivity contribution in [2.45, 2.75) is 71.1 Å². The van der Waals surface area contributed by atoms with Crippen molar-refractivity contribution in [2.75, 3.05) is 13.2 Å². The van der Waals surface area contributed by atoms with Gasteiger partial charge in [-0.15, -0.1) is 6.58 Å². The number of rotatable bonds is 8. The van der Waals surface area contributed by atoms with Gasteiger partial charge in [0.25, 0.3) is 0 Å². The number of esters is 5. The third kappa shape index (κ3) is 6.86. The number of carbonyl (C=O) groups is 5. The van der Waals surface area contributed by atoms with Gasteiger partial charge in [0, 0.05) is 39.5 Å². The van der Waals surface area contributed by atoms with E-state index < -0.39 is 79.4 Å². The van der Waals surface area contributed by atoms with Crippen LogP contribution in [0.2, 0.25) is 0 Å². The number of hydrogen-bond acceptors (Lipinski definition) is 13. The fourth-order valence-corrected chi connectivity index (χ4v) is 4.45. The van der Waals surface area contributed by atoms with Gasteiger partial charge in [-0.2, -0.15) is 0 Å². The third-order valence-electron chi connectivity index (χ3n) is 5.89. The van der Waals surface area contributed by atoms with Crippen molar-refractivity contribution < 1.29 is 61.9 Å². The summed E-state index contributed by atoms with van der Waals surface area (Å²) in [6.45, 7) is 8.18. The molecule has 3 rings (SSSR count). The van der Waals surface area contributed by atoms with Crippen LogP contribution in [-0.4, -0.2) is 80.1 Å². The highest BCUT2D eigenvalue weighted by Crippen LogP contribution is 2.39. The predicted molar refractivity (Wildman–Crippen MR) is 119 cm³/mol. The van der Waals surface area contributed by atoms with Crippen molar-refractivity contribution in [2.24, 2.45) is 11.8 Å². The van der Waals surface area contributed by atoms with Crippen molar-refractivity contribution in [3.05, 3.63) is 24.5 Å². The third-order valence-corrected chi connectivity index (χ3v) is 5.89. The van der Waals surface area contributed by atoms with Crippen molar-refractivity contribution in [3.63, 3.8) is 0 Å². The second-order valence-corrected chi connectivity index (χ2v) is 8.63. The van der Waals surface area contributed by atoms with Crippen molar-refractivity contribution in [3.8, 4) is 0 Å². The molecule has 0 saturated carbocycles. The predicted octanol–water partition coefficient (Wildman–Crippen LogP) is 0.692. The molecule has 8 atom stereocenters. The summed E-state index contributed by atoms with van der Waals surface area (Å²) < 4.78 is 44.0. The van der Waals surface area contributed by atoms with Crippen LogP contribution in [0.5, 0.6) is 0 Å². The molecule has 3 heterocycles. The van der Waals surface area contributed by atoms with Gasteiger partial charge in [-0.1, -0.05) is 6.08 Å². The maximum absolute atomic E-state index is 12.1. The minimum absolute atomic E-state index is 0.205. The zero-order chi connectivity index (χ0) is 27.3. The Morgan fingerprint density at radius 2 is 1.57 bits per heavy atom. The molecule has 0 amide bonds. The van der Waals surface area contributed by atoms with Gasteiger partial charge in [0.2, 0.25) is 12.6 Å². The second-order valence-electron chi connectivity index (χ2n) is 8.63. The van der Waals surface area contributed by atoms with E-state index in [-0.39, 0.29) is 12.5 Å². The van der Waals surface area contributed by atoms with Crippen LogP contribution in [0.4, 0.5) is 0 Å². The van der Waals surface area contributed by atoms with Crippen LogP contribution in [0.25, 0.3) is 0 Å². The van der Waals surface area contributed by atoms with E-state index in [1.165, 1.54) is 13.2 Å². The lowest BCUT2D eigenvalue weighted by Gasteiger charge is -2.46. The van der Waals surface area contributed by atoms with Crippen LogP contribution in [-0.2, 0) is 61.9 Å². The number of hydrogen-bond donors (Lipinski definition) is 0. The smallest absolute Gasteiger partial charge is 0.337 e. The highest BCUT2D eigenvalue weighted by atomic mass is 16.8. The first-order valence-electron chi connectivity index (χ1n) is 11.6. The Hall–Kier alpha value is -3.45. The molecule has 0 aromatic carbocycles. The van der Waals surface area contributed by atoms with E-state index in [1.807, 2.05) is 0 Å². The van der Waals surface area contributed by atoms with Crippen LogP contribution in [0, 0.1) is 11.8 Å². The highest BCUT2D eigenvalue weighted by Gasteiger charge is 2.54. The Labute approximate surface area is 212 Å². The van der Waals surface area contributed by atoms with E-state index in [9.17, 15) is 24.0 Å². The lowest BCUT2D eigenvalue weighted by Crippen LogP contribution is -2.63. The molecule has 2 saturated heterocycles. The van der Waals surface area contributed by atoms with Crippen LogP contribution in [0.3, 0.4) is 0 Å². The normalized spacial score (nSPS) is 32.9. The molecule has 0 aromatic heterocycles. The minimum Gasteiger partial charge on any atom is -0.471 e. The molecular formula is C24H30O13. The Morgan fingerprint density at radius 1 is 0.946 bits per heavy atom. The molecule has 2 fully saturated rings. The molecule has 0 spiro atoms. The Balaban J connectivity index is 1.96. The van der Waals surface area contributed by atoms with Gasteiger partial charge in [0.1, 0.15) is 12.7 Å². The van der Waals surface area contributed by atoms with E-state index in [0.717, 1.165) is 20.8 Å². The van der Waals surface area contributed by atoms with Gasteiger partial charge in [-0.05, 0) is 6.42 Å². The molecule has 0 bridgehead atoms. The fraction of sp³-hybridized carbons (Fsp3) is 0.625. The topological polar surface area (TPSA) is 159 Å². The molecule has 204 valence electrons. The zero-order valence-corrected chi connectivity index (χ0v) is 20.9. The summed E-state index contributed by atoms with van der Waals surface area (Å²) in [4.78, 5) is 59.4. The average Bonchev–Trinajstić information content (AvgIpc) is 2.80. The summed E-state index contributed by atoms with van der Waals surface area (Å²) >= 11 is 0. The van der Waals surface area contributed by atoms with E-state index in [4.69, 9.17) is 37.9 Å². The molecule has 13 nitrogen and oxygen atoms in total. The number of ether oxygens (including phenoxy) is 8. The summed E-state index contributed by atoms with van der Waals surface area (Å²) in [6.07, 6.45) is -4.47. The first kappa shape index (κ1) is 28.1. The quantitative estimate of drug-likeness (QED) is 0.247. The summed E-state index contributed by atoms with van der Waals surface area (Å²) in [5.74, 6) is -4.27. The van der Waals surface area contributed by atoms with Crippen LogP contribution < -0.4 is 0 Å². The maximum Gasteiger partial charge on any atom is 0.337 e. The fourth-order valence-electron chi connectivity index (χ4n) is 4.45. The summed E-state index contributed by atoms with van der Waals surface area (Å²) in [7, 11) is 0. The summed E-state index contributed by atoms with van der Waals surface area (Å²) in [5, 5.41) is 0. The van der Waals surface area contributed by atoms with Gasteiger partial charge in [0.05, 0.1) is 18.4 Å². The standard InChI is InChI=1S/C24H30O13/c1-6-15-16-7-8-30-22(29)17(16)9-32-23(15)37-24-21(35-14(5)28)20(34-13(4)27)19(33-12(3)26)18(36-24)10-31-11(2)25/h6,9,15-16,18-21,23-24H,1,7-8,10H2,2-5H3. The summed E-state index contributed by atoms with van der Waals surface area (Å²) in [6, 6.07) is 0. The second kappa shape index (κ2) is 12.2. The molecule has 3 aliphatic rings. The van der Waals surface area contributed by atoms with Crippen molar-refractivity contribution in [1.29, 1.82) is 0 Å². The molecule has 0 radical (unpaired) electrons. The number of carbonyl (C=O) groups excluding carboxylic acids is 5. The van der Waals surface area contributed by atoms with Gasteiger partial charge in [-0.3, -0.25) is 19.2 Å². The molecule has 8 unspecified atom stereocenters. The van der Waals surface area contributed by atoms with Gasteiger partial charge in [0.15, 0.2) is 18.3 Å². The van der Waals surface area contributed by atoms with E-state index >= 15 is 0 Å². The van der Waals surface area contributed by atoms with E-state index in [2.05, 4.69) is 6.58 Å². The number of fused-ring (bicyclic) bond motifs is 1. The SMILES string of the molecule is C=CC1C(OC2OC(COC(C)=O)C(OC(C)=O)C(OC(C)=O)C2OC(C)=O)OC=C2C(=O)OCCC21. The molecule has 0 N–H and O–H groups in total. The van der Waals surface area contributed by atoms with Crippen LogP contribution in [0.15, 0.2) is 24.5 Å². The Kier molecular flexibility index (Phi) is 9.27. The van der Waals surface area contributed by atoms with Crippen molar-refractivity contribution in [1.82, 2.24) is 0 Å². The number of cyclic esters (lactones) is 1. The largest absolute Gasteiger partial charge is 0.471 e. The lowest BCUT2D eigenvalue weighted by atomic mass is 9.81. The molecular weight excluding hydrogens is 496 g/mol. The Bertz CT molecular complexity index is 956. The molecule has 3 aliphatic heterocycles. The minimum atomic E-state index is -1.43. The van der Waals surface area contributed by atoms with Crippen molar-refractivity contribution >= 4 is 29.8 Å².